The molecule has 1 heterocycles. The number of amidine groups is 1. The summed E-state index contributed by atoms with van der Waals surface area (Å²) in [6.45, 7) is 1.99. The molecule has 0 aliphatic heterocycles. The summed E-state index contributed by atoms with van der Waals surface area (Å²) in [6.07, 6.45) is 2.17. The number of carbonyl (C=O) groups is 1. The van der Waals surface area contributed by atoms with E-state index in [-0.39, 0.29) is 11.7 Å². The van der Waals surface area contributed by atoms with Gasteiger partial charge in [-0.3, -0.25) is 4.79 Å². The van der Waals surface area contributed by atoms with E-state index < -0.39 is 5.92 Å². The molecule has 1 unspecified atom stereocenters. The van der Waals surface area contributed by atoms with Crippen molar-refractivity contribution in [3.63, 3.8) is 0 Å². The second kappa shape index (κ2) is 5.83. The molecule has 4 N–H and O–H groups in total. The minimum Gasteiger partial charge on any atom is -0.409 e. The van der Waals surface area contributed by atoms with E-state index >= 15 is 0 Å². The van der Waals surface area contributed by atoms with Gasteiger partial charge < -0.3 is 20.8 Å². The van der Waals surface area contributed by atoms with E-state index in [2.05, 4.69) is 20.7 Å². The van der Waals surface area contributed by atoms with Crippen molar-refractivity contribution >= 4 is 11.7 Å². The van der Waals surface area contributed by atoms with Crippen LogP contribution in [0, 0.1) is 5.92 Å². The Morgan fingerprint density at radius 3 is 3.00 bits per heavy atom. The molecule has 94 valence electrons. The predicted octanol–water partition coefficient (Wildman–Crippen LogP) is -1.14. The summed E-state index contributed by atoms with van der Waals surface area (Å²) < 4.78 is 1.78. The van der Waals surface area contributed by atoms with Crippen LogP contribution in [0.1, 0.15) is 12.7 Å². The second-order valence-electron chi connectivity index (χ2n) is 3.65. The molecule has 8 heteroatoms. The van der Waals surface area contributed by atoms with Crippen molar-refractivity contribution in [2.45, 2.75) is 13.3 Å². The minimum absolute atomic E-state index is 0.110. The molecule has 1 aromatic rings. The third kappa shape index (κ3) is 3.44. The van der Waals surface area contributed by atoms with E-state index in [1.54, 1.807) is 17.8 Å². The molecule has 1 amide bonds. The van der Waals surface area contributed by atoms with Crippen LogP contribution in [0.3, 0.4) is 0 Å². The summed E-state index contributed by atoms with van der Waals surface area (Å²) in [5.41, 5.74) is 5.32. The fourth-order valence-corrected chi connectivity index (χ4v) is 1.20. The Morgan fingerprint density at radius 2 is 2.47 bits per heavy atom. The molecule has 0 aromatic carbocycles. The van der Waals surface area contributed by atoms with Gasteiger partial charge in [-0.25, -0.2) is 0 Å². The van der Waals surface area contributed by atoms with E-state index in [4.69, 9.17) is 10.9 Å². The Bertz CT molecular complexity index is 413. The molecule has 0 saturated carbocycles. The molecule has 0 saturated heterocycles. The summed E-state index contributed by atoms with van der Waals surface area (Å²) >= 11 is 0. The molecule has 0 aliphatic carbocycles. The zero-order valence-corrected chi connectivity index (χ0v) is 9.79. The number of nitrogens with two attached hydrogens (primary N) is 1. The van der Waals surface area contributed by atoms with Crippen molar-refractivity contribution in [1.29, 1.82) is 0 Å². The highest BCUT2D eigenvalue weighted by Gasteiger charge is 2.16. The number of carbonyl (C=O) groups excluding carboxylic acids is 1. The number of aromatic nitrogens is 3. The molecule has 1 atom stereocenters. The van der Waals surface area contributed by atoms with Crippen LogP contribution in [0.2, 0.25) is 0 Å². The molecular weight excluding hydrogens is 224 g/mol. The SMILES string of the molecule is CC(C(=O)NCCc1nncn1C)/C(N)=N/O. The average Bonchev–Trinajstić information content (AvgIpc) is 2.73. The van der Waals surface area contributed by atoms with Gasteiger partial charge in [-0.05, 0) is 6.92 Å². The maximum absolute atomic E-state index is 11.5. The molecule has 0 radical (unpaired) electrons. The highest BCUT2D eigenvalue weighted by atomic mass is 16.4. The van der Waals surface area contributed by atoms with Crippen molar-refractivity contribution in [1.82, 2.24) is 20.1 Å². The van der Waals surface area contributed by atoms with Crippen molar-refractivity contribution in [3.05, 3.63) is 12.2 Å². The highest BCUT2D eigenvalue weighted by Crippen LogP contribution is 1.96. The van der Waals surface area contributed by atoms with Crippen molar-refractivity contribution in [2.75, 3.05) is 6.54 Å². The molecule has 1 aromatic heterocycles. The lowest BCUT2D eigenvalue weighted by atomic mass is 10.1. The van der Waals surface area contributed by atoms with E-state index in [1.165, 1.54) is 0 Å². The lowest BCUT2D eigenvalue weighted by Gasteiger charge is -2.10. The molecule has 17 heavy (non-hydrogen) atoms. The summed E-state index contributed by atoms with van der Waals surface area (Å²) in [6, 6.07) is 0. The number of amides is 1. The number of hydrogen-bond donors (Lipinski definition) is 3. The zero-order chi connectivity index (χ0) is 12.8. The lowest BCUT2D eigenvalue weighted by Crippen LogP contribution is -2.38. The van der Waals surface area contributed by atoms with Crippen LogP contribution in [-0.4, -0.2) is 38.3 Å². The van der Waals surface area contributed by atoms with Gasteiger partial charge in [0.2, 0.25) is 5.91 Å². The summed E-state index contributed by atoms with van der Waals surface area (Å²) in [5, 5.41) is 21.5. The van der Waals surface area contributed by atoms with Crippen molar-refractivity contribution in [2.24, 2.45) is 23.9 Å². The van der Waals surface area contributed by atoms with Crippen LogP contribution in [0.25, 0.3) is 0 Å². The first-order valence-corrected chi connectivity index (χ1v) is 5.14. The van der Waals surface area contributed by atoms with E-state index in [9.17, 15) is 4.79 Å². The quantitative estimate of drug-likeness (QED) is 0.260. The number of oxime groups is 1. The maximum atomic E-state index is 11.5. The van der Waals surface area contributed by atoms with Crippen LogP contribution in [-0.2, 0) is 18.3 Å². The maximum Gasteiger partial charge on any atom is 0.230 e. The molecule has 8 nitrogen and oxygen atoms in total. The average molecular weight is 240 g/mol. The van der Waals surface area contributed by atoms with Gasteiger partial charge in [0.25, 0.3) is 0 Å². The molecule has 0 aliphatic rings. The van der Waals surface area contributed by atoms with Gasteiger partial charge in [-0.1, -0.05) is 5.16 Å². The smallest absolute Gasteiger partial charge is 0.230 e. The zero-order valence-electron chi connectivity index (χ0n) is 9.79. The molecule has 0 bridgehead atoms. The van der Waals surface area contributed by atoms with Gasteiger partial charge in [-0.15, -0.1) is 10.2 Å². The number of aryl methyl sites for hydroxylation is 1. The monoisotopic (exact) mass is 240 g/mol. The molecule has 0 fully saturated rings. The van der Waals surface area contributed by atoms with Gasteiger partial charge in [0.1, 0.15) is 12.2 Å². The van der Waals surface area contributed by atoms with E-state index in [1.807, 2.05) is 7.05 Å². The predicted molar refractivity (Wildman–Crippen MR) is 60.3 cm³/mol. The second-order valence-corrected chi connectivity index (χ2v) is 3.65. The number of hydrogen-bond acceptors (Lipinski definition) is 5. The van der Waals surface area contributed by atoms with E-state index in [0.29, 0.717) is 13.0 Å². The Balaban J connectivity index is 2.37. The number of rotatable bonds is 5. The first kappa shape index (κ1) is 12.9. The number of nitrogens with zero attached hydrogens (tertiary/aromatic N) is 4. The van der Waals surface area contributed by atoms with E-state index in [0.717, 1.165) is 5.82 Å². The van der Waals surface area contributed by atoms with Crippen LogP contribution in [0.5, 0.6) is 0 Å². The molecule has 1 rings (SSSR count). The first-order chi connectivity index (χ1) is 8.06. The van der Waals surface area contributed by atoms with Crippen LogP contribution in [0.15, 0.2) is 11.5 Å². The Kier molecular flexibility index (Phi) is 4.44. The van der Waals surface area contributed by atoms with Gasteiger partial charge in [0, 0.05) is 20.0 Å². The Morgan fingerprint density at radius 1 is 1.76 bits per heavy atom. The fourth-order valence-electron chi connectivity index (χ4n) is 1.20. The summed E-state index contributed by atoms with van der Waals surface area (Å²) in [7, 11) is 1.83. The van der Waals surface area contributed by atoms with Crippen LogP contribution in [0.4, 0.5) is 0 Å². The lowest BCUT2D eigenvalue weighted by molar-refractivity contribution is -0.122. The van der Waals surface area contributed by atoms with Crippen molar-refractivity contribution < 1.29 is 10.0 Å². The number of nitrogens with one attached hydrogen (secondary N) is 1. The van der Waals surface area contributed by atoms with Gasteiger partial charge >= 0.3 is 0 Å². The summed E-state index contributed by atoms with van der Waals surface area (Å²) in [4.78, 5) is 11.5. The Hall–Kier alpha value is -2.12. The molecular formula is C9H16N6O2. The third-order valence-electron chi connectivity index (χ3n) is 2.41. The van der Waals surface area contributed by atoms with Gasteiger partial charge in [0.05, 0.1) is 5.92 Å². The normalized spacial score (nSPS) is 13.4. The van der Waals surface area contributed by atoms with Gasteiger partial charge in [0.15, 0.2) is 5.84 Å². The topological polar surface area (TPSA) is 118 Å². The van der Waals surface area contributed by atoms with Gasteiger partial charge in [-0.2, -0.15) is 0 Å². The fraction of sp³-hybridized carbons (Fsp3) is 0.556. The first-order valence-electron chi connectivity index (χ1n) is 5.14. The Labute approximate surface area is 98.5 Å². The third-order valence-corrected chi connectivity index (χ3v) is 2.41. The largest absolute Gasteiger partial charge is 0.409 e. The molecule has 0 spiro atoms. The summed E-state index contributed by atoms with van der Waals surface area (Å²) in [5.74, 6) is -0.273. The van der Waals surface area contributed by atoms with Crippen molar-refractivity contribution in [3.8, 4) is 0 Å². The van der Waals surface area contributed by atoms with Crippen LogP contribution < -0.4 is 11.1 Å². The standard InChI is InChI=1S/C9H16N6O2/c1-6(8(10)14-17)9(16)11-4-3-7-13-12-5-15(7)2/h5-6,17H,3-4H2,1-2H3,(H2,10,14)(H,11,16). The van der Waals surface area contributed by atoms with Crippen LogP contribution >= 0.6 is 0 Å². The minimum atomic E-state index is -0.653. The highest BCUT2D eigenvalue weighted by molar-refractivity contribution is 6.01.